The Morgan fingerprint density at radius 3 is 1.06 bits per heavy atom. The van der Waals surface area contributed by atoms with Crippen LogP contribution in [-0.2, 0) is 12.8 Å². The third kappa shape index (κ3) is 6.65. The molecule has 0 aliphatic heterocycles. The zero-order valence-corrected chi connectivity index (χ0v) is 18.5. The van der Waals surface area contributed by atoms with Gasteiger partial charge in [-0.3, -0.25) is 0 Å². The van der Waals surface area contributed by atoms with E-state index in [4.69, 9.17) is 0 Å². The van der Waals surface area contributed by atoms with E-state index in [1.807, 2.05) is 0 Å². The van der Waals surface area contributed by atoms with Gasteiger partial charge in [0.05, 0.1) is 0 Å². The zero-order chi connectivity index (χ0) is 21.8. The molecule has 2 nitrogen and oxygen atoms in total. The van der Waals surface area contributed by atoms with Gasteiger partial charge in [-0.1, -0.05) is 121 Å². The Morgan fingerprint density at radius 2 is 0.719 bits per heavy atom. The lowest BCUT2D eigenvalue weighted by Gasteiger charge is -2.23. The van der Waals surface area contributed by atoms with Crippen LogP contribution >= 0.6 is 0 Å². The van der Waals surface area contributed by atoms with E-state index < -0.39 is 0 Å². The van der Waals surface area contributed by atoms with E-state index in [1.54, 1.807) is 0 Å². The van der Waals surface area contributed by atoms with Crippen LogP contribution in [0.3, 0.4) is 0 Å². The predicted molar refractivity (Wildman–Crippen MR) is 135 cm³/mol. The number of benzene rings is 4. The van der Waals surface area contributed by atoms with E-state index >= 15 is 0 Å². The van der Waals surface area contributed by atoms with Gasteiger partial charge in [0, 0.05) is 25.2 Å². The first-order valence-corrected chi connectivity index (χ1v) is 11.5. The van der Waals surface area contributed by atoms with E-state index in [2.05, 4.69) is 132 Å². The second-order valence-corrected chi connectivity index (χ2v) is 8.21. The summed E-state index contributed by atoms with van der Waals surface area (Å²) in [5.74, 6) is 0. The predicted octanol–water partition coefficient (Wildman–Crippen LogP) is 6.13. The molecule has 0 radical (unpaired) electrons. The van der Waals surface area contributed by atoms with Gasteiger partial charge in [0.15, 0.2) is 0 Å². The Kier molecular flexibility index (Phi) is 8.25. The molecular weight excluding hydrogens is 388 g/mol. The maximum Gasteiger partial charge on any atom is 0.0361 e. The third-order valence-electron chi connectivity index (χ3n) is 5.88. The molecule has 0 spiro atoms. The molecule has 0 saturated heterocycles. The highest BCUT2D eigenvalue weighted by atomic mass is 15.0. The highest BCUT2D eigenvalue weighted by Gasteiger charge is 2.14. The van der Waals surface area contributed by atoms with E-state index in [0.717, 1.165) is 25.9 Å². The normalized spacial score (nSPS) is 12.9. The van der Waals surface area contributed by atoms with Crippen molar-refractivity contribution in [1.82, 2.24) is 10.6 Å². The second-order valence-electron chi connectivity index (χ2n) is 8.21. The van der Waals surface area contributed by atoms with Crippen LogP contribution in [0.15, 0.2) is 121 Å². The lowest BCUT2D eigenvalue weighted by atomic mass is 9.98. The topological polar surface area (TPSA) is 24.1 Å². The molecule has 2 atom stereocenters. The molecule has 162 valence electrons. The molecule has 0 aliphatic rings. The minimum absolute atomic E-state index is 0.296. The summed E-state index contributed by atoms with van der Waals surface area (Å²) in [5, 5.41) is 7.59. The van der Waals surface area contributed by atoms with Crippen LogP contribution in [0.5, 0.6) is 0 Å². The molecule has 4 aromatic carbocycles. The summed E-state index contributed by atoms with van der Waals surface area (Å²) >= 11 is 0. The maximum atomic E-state index is 3.79. The van der Waals surface area contributed by atoms with Gasteiger partial charge in [0.1, 0.15) is 0 Å². The zero-order valence-electron chi connectivity index (χ0n) is 18.5. The Bertz CT molecular complexity index is 930. The Balaban J connectivity index is 1.38. The van der Waals surface area contributed by atoms with Crippen molar-refractivity contribution in [3.8, 4) is 0 Å². The van der Waals surface area contributed by atoms with Gasteiger partial charge < -0.3 is 10.6 Å². The molecule has 0 aromatic heterocycles. The van der Waals surface area contributed by atoms with Crippen LogP contribution in [0.25, 0.3) is 0 Å². The Hall–Kier alpha value is -3.20. The van der Waals surface area contributed by atoms with Crippen LogP contribution in [0.4, 0.5) is 0 Å². The van der Waals surface area contributed by atoms with Gasteiger partial charge in [0.2, 0.25) is 0 Å². The molecule has 4 rings (SSSR count). The van der Waals surface area contributed by atoms with Crippen LogP contribution in [0.2, 0.25) is 0 Å². The summed E-state index contributed by atoms with van der Waals surface area (Å²) in [5.41, 5.74) is 5.38. The quantitative estimate of drug-likeness (QED) is 0.285. The SMILES string of the molecule is c1ccc(C[C@H](NCCN[C@@H](Cc2ccccc2)c2ccccc2)c2ccccc2)cc1. The Labute approximate surface area is 192 Å². The van der Waals surface area contributed by atoms with Gasteiger partial charge >= 0.3 is 0 Å². The fourth-order valence-corrected chi connectivity index (χ4v) is 4.18. The molecule has 0 fully saturated rings. The standard InChI is InChI=1S/C30H32N2/c1-5-13-25(14-6-1)23-29(27-17-9-3-10-18-27)31-21-22-32-30(28-19-11-4-12-20-28)24-26-15-7-2-8-16-26/h1-20,29-32H,21-24H2/t29-,30-/m0/s1. The first-order valence-electron chi connectivity index (χ1n) is 11.5. The van der Waals surface area contributed by atoms with E-state index in [-0.39, 0.29) is 0 Å². The largest absolute Gasteiger partial charge is 0.308 e. The smallest absolute Gasteiger partial charge is 0.0361 e. The molecule has 4 aromatic rings. The number of hydrogen-bond donors (Lipinski definition) is 2. The summed E-state index contributed by atoms with van der Waals surface area (Å²) in [6, 6.07) is 43.6. The molecule has 32 heavy (non-hydrogen) atoms. The molecule has 0 amide bonds. The van der Waals surface area contributed by atoms with E-state index in [0.29, 0.717) is 12.1 Å². The highest BCUT2D eigenvalue weighted by molar-refractivity contribution is 5.25. The van der Waals surface area contributed by atoms with Crippen molar-refractivity contribution in [2.45, 2.75) is 24.9 Å². The van der Waals surface area contributed by atoms with Gasteiger partial charge in [0.25, 0.3) is 0 Å². The van der Waals surface area contributed by atoms with Crippen LogP contribution in [-0.4, -0.2) is 13.1 Å². The number of hydrogen-bond acceptors (Lipinski definition) is 2. The average Bonchev–Trinajstić information content (AvgIpc) is 2.87. The van der Waals surface area contributed by atoms with Crippen molar-refractivity contribution in [2.75, 3.05) is 13.1 Å². The van der Waals surface area contributed by atoms with Crippen molar-refractivity contribution >= 4 is 0 Å². The fraction of sp³-hybridized carbons (Fsp3) is 0.200. The van der Waals surface area contributed by atoms with Crippen LogP contribution in [0, 0.1) is 0 Å². The minimum atomic E-state index is 0.296. The molecular formula is C30H32N2. The first-order chi connectivity index (χ1) is 15.9. The van der Waals surface area contributed by atoms with Crippen LogP contribution in [0.1, 0.15) is 34.3 Å². The first kappa shape index (κ1) is 22.0. The molecule has 0 saturated carbocycles. The third-order valence-corrected chi connectivity index (χ3v) is 5.88. The van der Waals surface area contributed by atoms with Crippen molar-refractivity contribution in [2.24, 2.45) is 0 Å². The summed E-state index contributed by atoms with van der Waals surface area (Å²) in [6.45, 7) is 1.81. The van der Waals surface area contributed by atoms with Gasteiger partial charge in [-0.15, -0.1) is 0 Å². The van der Waals surface area contributed by atoms with Crippen molar-refractivity contribution in [1.29, 1.82) is 0 Å². The van der Waals surface area contributed by atoms with Crippen molar-refractivity contribution < 1.29 is 0 Å². The summed E-state index contributed by atoms with van der Waals surface area (Å²) in [4.78, 5) is 0. The lowest BCUT2D eigenvalue weighted by Crippen LogP contribution is -2.34. The Morgan fingerprint density at radius 1 is 0.406 bits per heavy atom. The van der Waals surface area contributed by atoms with Crippen molar-refractivity contribution in [3.63, 3.8) is 0 Å². The number of nitrogens with one attached hydrogen (secondary N) is 2. The van der Waals surface area contributed by atoms with Crippen LogP contribution < -0.4 is 10.6 Å². The number of rotatable bonds is 11. The maximum absolute atomic E-state index is 3.79. The van der Waals surface area contributed by atoms with Gasteiger partial charge in [-0.2, -0.15) is 0 Å². The van der Waals surface area contributed by atoms with Crippen molar-refractivity contribution in [3.05, 3.63) is 144 Å². The molecule has 0 bridgehead atoms. The lowest BCUT2D eigenvalue weighted by molar-refractivity contribution is 0.476. The highest BCUT2D eigenvalue weighted by Crippen LogP contribution is 2.20. The van der Waals surface area contributed by atoms with Gasteiger partial charge in [-0.25, -0.2) is 0 Å². The van der Waals surface area contributed by atoms with E-state index in [9.17, 15) is 0 Å². The van der Waals surface area contributed by atoms with Gasteiger partial charge in [-0.05, 0) is 35.1 Å². The summed E-state index contributed by atoms with van der Waals surface area (Å²) < 4.78 is 0. The molecule has 0 unspecified atom stereocenters. The molecule has 0 aliphatic carbocycles. The molecule has 0 heterocycles. The molecule has 2 N–H and O–H groups in total. The summed E-state index contributed by atoms with van der Waals surface area (Å²) in [7, 11) is 0. The fourth-order valence-electron chi connectivity index (χ4n) is 4.18. The summed E-state index contributed by atoms with van der Waals surface area (Å²) in [6.07, 6.45) is 1.97. The average molecular weight is 421 g/mol. The second kappa shape index (κ2) is 12.0. The van der Waals surface area contributed by atoms with E-state index in [1.165, 1.54) is 22.3 Å². The monoisotopic (exact) mass is 420 g/mol. The minimum Gasteiger partial charge on any atom is -0.308 e. The molecule has 2 heteroatoms.